The predicted octanol–water partition coefficient (Wildman–Crippen LogP) is -1.35. The van der Waals surface area contributed by atoms with E-state index in [-0.39, 0.29) is 11.7 Å². The molecule has 1 aliphatic rings. The molecule has 0 amide bonds. The first-order valence-electron chi connectivity index (χ1n) is 1.83. The number of carbonyl (C=O) groups is 1. The maximum atomic E-state index is 9.92. The highest BCUT2D eigenvalue weighted by atomic mass is 16.1. The molecule has 1 unspecified atom stereocenters. The van der Waals surface area contributed by atoms with Crippen LogP contribution in [0.2, 0.25) is 0 Å². The van der Waals surface area contributed by atoms with Crippen molar-refractivity contribution in [3.8, 4) is 0 Å². The van der Waals surface area contributed by atoms with Crippen LogP contribution in [0.4, 0.5) is 0 Å². The van der Waals surface area contributed by atoms with E-state index in [1.54, 1.807) is 0 Å². The molecular formula is C3H4BNO. The van der Waals surface area contributed by atoms with Gasteiger partial charge in [-0.25, -0.2) is 0 Å². The topological polar surface area (TPSA) is 39.0 Å². The summed E-state index contributed by atoms with van der Waals surface area (Å²) in [6.07, 6.45) is 0. The van der Waals surface area contributed by atoms with Gasteiger partial charge in [-0.2, -0.15) is 0 Å². The van der Waals surface area contributed by atoms with Gasteiger partial charge < -0.3 is 10.1 Å². The Morgan fingerprint density at radius 1 is 2.00 bits per heavy atom. The first-order chi connectivity index (χ1) is 2.80. The monoisotopic (exact) mass is 81.0 g/mol. The van der Waals surface area contributed by atoms with Crippen molar-refractivity contribution in [2.75, 3.05) is 6.54 Å². The Labute approximate surface area is 37.3 Å². The molecule has 0 aromatic carbocycles. The van der Waals surface area contributed by atoms with Gasteiger partial charge in [-0.15, -0.1) is 0 Å². The molecule has 1 fully saturated rings. The first-order valence-corrected chi connectivity index (χ1v) is 1.83. The number of rotatable bonds is 1. The summed E-state index contributed by atoms with van der Waals surface area (Å²) in [6, 6.07) is -0.00926. The Morgan fingerprint density at radius 3 is 2.50 bits per heavy atom. The third-order valence-electron chi connectivity index (χ3n) is 0.752. The van der Waals surface area contributed by atoms with Crippen LogP contribution in [0.5, 0.6) is 0 Å². The molecule has 1 heterocycles. The minimum absolute atomic E-state index is 0.00926. The van der Waals surface area contributed by atoms with Crippen molar-refractivity contribution in [3.05, 3.63) is 0 Å². The second-order valence-electron chi connectivity index (χ2n) is 1.36. The smallest absolute Gasteiger partial charge is 0.170 e. The summed E-state index contributed by atoms with van der Waals surface area (Å²) in [6.45, 7) is 0.773. The van der Waals surface area contributed by atoms with E-state index in [9.17, 15) is 4.79 Å². The molecule has 30 valence electrons. The molecule has 0 aromatic rings. The summed E-state index contributed by atoms with van der Waals surface area (Å²) in [5, 5.41) is 2.76. The van der Waals surface area contributed by atoms with Crippen LogP contribution in [0.25, 0.3) is 0 Å². The molecule has 0 aliphatic carbocycles. The zero-order valence-electron chi connectivity index (χ0n) is 3.27. The molecule has 0 spiro atoms. The van der Waals surface area contributed by atoms with E-state index < -0.39 is 0 Å². The Hall–Kier alpha value is -0.305. The lowest BCUT2D eigenvalue weighted by molar-refractivity contribution is -0.111. The van der Waals surface area contributed by atoms with E-state index >= 15 is 0 Å². The van der Waals surface area contributed by atoms with Gasteiger partial charge in [0.05, 0.1) is 11.7 Å². The SMILES string of the molecule is [B]C(=O)C1CN1. The van der Waals surface area contributed by atoms with E-state index in [0.29, 0.717) is 0 Å². The number of nitrogens with one attached hydrogen (secondary N) is 1. The minimum Gasteiger partial charge on any atom is -0.311 e. The second-order valence-corrected chi connectivity index (χ2v) is 1.36. The van der Waals surface area contributed by atoms with Gasteiger partial charge in [0.15, 0.2) is 7.85 Å². The molecule has 3 heteroatoms. The van der Waals surface area contributed by atoms with Gasteiger partial charge in [0.2, 0.25) is 0 Å². The van der Waals surface area contributed by atoms with E-state index in [2.05, 4.69) is 5.32 Å². The molecule has 0 aromatic heterocycles. The normalized spacial score (nSPS) is 29.7. The van der Waals surface area contributed by atoms with Crippen molar-refractivity contribution in [2.45, 2.75) is 6.04 Å². The van der Waals surface area contributed by atoms with Crippen LogP contribution < -0.4 is 5.32 Å². The average molecular weight is 80.9 g/mol. The van der Waals surface area contributed by atoms with Gasteiger partial charge in [0.25, 0.3) is 0 Å². The standard InChI is InChI=1S/C3H4BNO/c4-3(6)2-1-5-2/h2,5H,1H2. The van der Waals surface area contributed by atoms with Gasteiger partial charge >= 0.3 is 0 Å². The summed E-state index contributed by atoms with van der Waals surface area (Å²) >= 11 is 0. The summed E-state index contributed by atoms with van der Waals surface area (Å²) in [5.74, 6) is 0. The van der Waals surface area contributed by atoms with E-state index in [1.807, 2.05) is 0 Å². The van der Waals surface area contributed by atoms with Crippen molar-refractivity contribution in [1.29, 1.82) is 0 Å². The minimum atomic E-state index is -0.241. The van der Waals surface area contributed by atoms with Crippen LogP contribution in [-0.4, -0.2) is 26.1 Å². The molecule has 0 saturated carbocycles. The van der Waals surface area contributed by atoms with Crippen LogP contribution in [0.15, 0.2) is 0 Å². The largest absolute Gasteiger partial charge is 0.311 e. The lowest BCUT2D eigenvalue weighted by Crippen LogP contribution is -2.07. The van der Waals surface area contributed by atoms with Crippen molar-refractivity contribution >= 4 is 13.5 Å². The Bertz CT molecular complexity index is 78.9. The van der Waals surface area contributed by atoms with Crippen molar-refractivity contribution in [2.24, 2.45) is 0 Å². The summed E-state index contributed by atoms with van der Waals surface area (Å²) < 4.78 is 0. The lowest BCUT2D eigenvalue weighted by Gasteiger charge is -1.75. The van der Waals surface area contributed by atoms with Gasteiger partial charge in [0, 0.05) is 6.54 Å². The van der Waals surface area contributed by atoms with Crippen LogP contribution in [0.1, 0.15) is 0 Å². The molecule has 2 nitrogen and oxygen atoms in total. The maximum absolute atomic E-state index is 9.92. The molecule has 2 radical (unpaired) electrons. The maximum Gasteiger partial charge on any atom is 0.170 e. The lowest BCUT2D eigenvalue weighted by atomic mass is 10.0. The van der Waals surface area contributed by atoms with Crippen LogP contribution in [0.3, 0.4) is 0 Å². The van der Waals surface area contributed by atoms with Crippen molar-refractivity contribution in [1.82, 2.24) is 5.32 Å². The summed E-state index contributed by atoms with van der Waals surface area (Å²) in [4.78, 5) is 9.92. The zero-order chi connectivity index (χ0) is 4.57. The van der Waals surface area contributed by atoms with E-state index in [4.69, 9.17) is 7.85 Å². The average Bonchev–Trinajstić information content (AvgIpc) is 2.06. The quantitative estimate of drug-likeness (QED) is 0.313. The number of carbonyl (C=O) groups excluding carboxylic acids is 1. The zero-order valence-corrected chi connectivity index (χ0v) is 3.27. The second kappa shape index (κ2) is 1.08. The molecule has 1 atom stereocenters. The first kappa shape index (κ1) is 3.87. The molecule has 1 aliphatic heterocycles. The third-order valence-corrected chi connectivity index (χ3v) is 0.752. The molecular weight excluding hydrogens is 76.9 g/mol. The highest BCUT2D eigenvalue weighted by molar-refractivity contribution is 6.59. The molecule has 1 rings (SSSR count). The van der Waals surface area contributed by atoms with Crippen LogP contribution in [0, 0.1) is 0 Å². The molecule has 6 heavy (non-hydrogen) atoms. The highest BCUT2D eigenvalue weighted by Crippen LogP contribution is 1.92. The van der Waals surface area contributed by atoms with Crippen LogP contribution in [-0.2, 0) is 4.79 Å². The molecule has 0 bridgehead atoms. The van der Waals surface area contributed by atoms with E-state index in [1.165, 1.54) is 0 Å². The Kier molecular flexibility index (Phi) is 0.698. The van der Waals surface area contributed by atoms with Gasteiger partial charge in [-0.05, 0) is 0 Å². The fourth-order valence-electron chi connectivity index (χ4n) is 0.260. The molecule has 1 N–H and O–H groups in total. The highest BCUT2D eigenvalue weighted by Gasteiger charge is 2.23. The van der Waals surface area contributed by atoms with Gasteiger partial charge in [-0.3, -0.25) is 0 Å². The van der Waals surface area contributed by atoms with Gasteiger partial charge in [-0.1, -0.05) is 0 Å². The third kappa shape index (κ3) is 0.599. The Morgan fingerprint density at radius 2 is 2.50 bits per heavy atom. The van der Waals surface area contributed by atoms with Crippen molar-refractivity contribution in [3.63, 3.8) is 0 Å². The fourth-order valence-corrected chi connectivity index (χ4v) is 0.260. The number of hydrogen-bond donors (Lipinski definition) is 1. The van der Waals surface area contributed by atoms with E-state index in [0.717, 1.165) is 6.54 Å². The Balaban J connectivity index is 2.31. The van der Waals surface area contributed by atoms with Crippen molar-refractivity contribution < 1.29 is 4.79 Å². The van der Waals surface area contributed by atoms with Crippen LogP contribution >= 0.6 is 0 Å². The fraction of sp³-hybridized carbons (Fsp3) is 0.667. The predicted molar refractivity (Wildman–Crippen MR) is 22.6 cm³/mol. The molecule has 1 saturated heterocycles. The summed E-state index contributed by atoms with van der Waals surface area (Å²) in [5.41, 5.74) is -0.241. The number of hydrogen-bond acceptors (Lipinski definition) is 2. The van der Waals surface area contributed by atoms with Gasteiger partial charge in [0.1, 0.15) is 0 Å². The summed E-state index contributed by atoms with van der Waals surface area (Å²) in [7, 11) is 4.80.